The fraction of sp³-hybridized carbons (Fsp3) is 0.278. The molecule has 0 fully saturated rings. The summed E-state index contributed by atoms with van der Waals surface area (Å²) in [6.45, 7) is 1.42. The molecule has 0 aliphatic rings. The number of pyridine rings is 1. The van der Waals surface area contributed by atoms with E-state index in [1.54, 1.807) is 0 Å². The number of halogens is 1. The number of rotatable bonds is 7. The van der Waals surface area contributed by atoms with Gasteiger partial charge in [0.05, 0.1) is 11.1 Å². The second kappa shape index (κ2) is 8.89. The molecular weight excluding hydrogens is 323 g/mol. The highest BCUT2D eigenvalue weighted by Crippen LogP contribution is 2.11. The molecule has 132 valence electrons. The maximum Gasteiger partial charge on any atom is 0.257 e. The molecule has 1 aromatic carbocycles. The van der Waals surface area contributed by atoms with Crippen molar-refractivity contribution in [3.8, 4) is 0 Å². The average molecular weight is 344 g/mol. The van der Waals surface area contributed by atoms with Crippen LogP contribution in [0.2, 0.25) is 0 Å². The number of benzene rings is 1. The van der Waals surface area contributed by atoms with Crippen molar-refractivity contribution in [2.24, 2.45) is 0 Å². The second-order valence-corrected chi connectivity index (χ2v) is 5.84. The summed E-state index contributed by atoms with van der Waals surface area (Å²) in [5, 5.41) is 5.43. The predicted octanol–water partition coefficient (Wildman–Crippen LogP) is 2.15. The fourth-order valence-electron chi connectivity index (χ4n) is 2.12. The van der Waals surface area contributed by atoms with E-state index in [1.165, 1.54) is 42.7 Å². The molecule has 6 nitrogen and oxygen atoms in total. The Morgan fingerprint density at radius 2 is 1.72 bits per heavy atom. The number of aromatic nitrogens is 1. The van der Waals surface area contributed by atoms with Gasteiger partial charge in [0, 0.05) is 24.6 Å². The molecule has 0 aliphatic heterocycles. The van der Waals surface area contributed by atoms with E-state index in [1.807, 2.05) is 19.0 Å². The molecule has 25 heavy (non-hydrogen) atoms. The largest absolute Gasteiger partial charge is 0.352 e. The highest BCUT2D eigenvalue weighted by Gasteiger charge is 2.11. The molecule has 2 aromatic rings. The minimum atomic E-state index is -0.415. The van der Waals surface area contributed by atoms with Gasteiger partial charge in [-0.15, -0.1) is 0 Å². The number of hydrogen-bond acceptors (Lipinski definition) is 4. The van der Waals surface area contributed by atoms with E-state index in [9.17, 15) is 14.0 Å². The zero-order valence-corrected chi connectivity index (χ0v) is 14.3. The van der Waals surface area contributed by atoms with E-state index in [2.05, 4.69) is 15.6 Å². The van der Waals surface area contributed by atoms with Gasteiger partial charge in [-0.25, -0.2) is 4.39 Å². The lowest BCUT2D eigenvalue weighted by atomic mass is 10.1. The van der Waals surface area contributed by atoms with E-state index >= 15 is 0 Å². The molecule has 2 rings (SSSR count). The Bertz CT molecular complexity index is 732. The van der Waals surface area contributed by atoms with E-state index in [-0.39, 0.29) is 17.3 Å². The number of nitrogens with zero attached hydrogens (tertiary/aromatic N) is 2. The van der Waals surface area contributed by atoms with Crippen LogP contribution >= 0.6 is 0 Å². The molecule has 0 saturated heterocycles. The molecule has 0 saturated carbocycles. The van der Waals surface area contributed by atoms with Crippen molar-refractivity contribution in [2.75, 3.05) is 32.5 Å². The van der Waals surface area contributed by atoms with Crippen LogP contribution in [-0.4, -0.2) is 48.9 Å². The lowest BCUT2D eigenvalue weighted by molar-refractivity contribution is 0.0952. The van der Waals surface area contributed by atoms with Gasteiger partial charge in [0.2, 0.25) is 0 Å². The summed E-state index contributed by atoms with van der Waals surface area (Å²) in [5.74, 6) is -1.07. The van der Waals surface area contributed by atoms with Gasteiger partial charge in [0.25, 0.3) is 11.8 Å². The van der Waals surface area contributed by atoms with Crippen molar-refractivity contribution >= 4 is 17.5 Å². The van der Waals surface area contributed by atoms with Gasteiger partial charge in [-0.2, -0.15) is 0 Å². The van der Waals surface area contributed by atoms with E-state index in [4.69, 9.17) is 0 Å². The van der Waals surface area contributed by atoms with Crippen molar-refractivity contribution < 1.29 is 14.0 Å². The number of anilines is 1. The number of carbonyl (C=O) groups is 2. The van der Waals surface area contributed by atoms with Gasteiger partial charge in [0.1, 0.15) is 5.82 Å². The normalized spacial score (nSPS) is 10.6. The molecule has 2 N–H and O–H groups in total. The van der Waals surface area contributed by atoms with Crippen LogP contribution in [0, 0.1) is 5.82 Å². The molecule has 0 radical (unpaired) electrons. The summed E-state index contributed by atoms with van der Waals surface area (Å²) in [4.78, 5) is 30.3. The Balaban J connectivity index is 1.96. The zero-order valence-electron chi connectivity index (χ0n) is 14.3. The van der Waals surface area contributed by atoms with Crippen molar-refractivity contribution in [1.29, 1.82) is 0 Å². The van der Waals surface area contributed by atoms with Gasteiger partial charge >= 0.3 is 0 Å². The maximum absolute atomic E-state index is 12.9. The van der Waals surface area contributed by atoms with Crippen LogP contribution in [0.5, 0.6) is 0 Å². The van der Waals surface area contributed by atoms with Gasteiger partial charge in [-0.3, -0.25) is 14.6 Å². The van der Waals surface area contributed by atoms with Crippen LogP contribution in [0.4, 0.5) is 10.1 Å². The van der Waals surface area contributed by atoms with Crippen molar-refractivity contribution in [3.05, 3.63) is 59.7 Å². The van der Waals surface area contributed by atoms with Gasteiger partial charge in [-0.1, -0.05) is 0 Å². The highest BCUT2D eigenvalue weighted by molar-refractivity contribution is 6.05. The minimum Gasteiger partial charge on any atom is -0.352 e. The Morgan fingerprint density at radius 3 is 2.36 bits per heavy atom. The third-order valence-electron chi connectivity index (χ3n) is 3.43. The van der Waals surface area contributed by atoms with Crippen LogP contribution in [-0.2, 0) is 0 Å². The quantitative estimate of drug-likeness (QED) is 0.755. The SMILES string of the molecule is CN(C)CCCNC(=O)c1cncc(C(=O)Nc2ccc(F)cc2)c1. The molecule has 0 atom stereocenters. The summed E-state index contributed by atoms with van der Waals surface area (Å²) in [6.07, 6.45) is 3.62. The van der Waals surface area contributed by atoms with Crippen LogP contribution in [0.3, 0.4) is 0 Å². The lowest BCUT2D eigenvalue weighted by Gasteiger charge is -2.10. The fourth-order valence-corrected chi connectivity index (χ4v) is 2.12. The second-order valence-electron chi connectivity index (χ2n) is 5.84. The third-order valence-corrected chi connectivity index (χ3v) is 3.43. The molecule has 7 heteroatoms. The summed E-state index contributed by atoms with van der Waals surface area (Å²) in [5.41, 5.74) is 1.03. The molecular formula is C18H21FN4O2. The number of carbonyl (C=O) groups excluding carboxylic acids is 2. The molecule has 2 amide bonds. The van der Waals surface area contributed by atoms with Crippen LogP contribution in [0.25, 0.3) is 0 Å². The van der Waals surface area contributed by atoms with Crippen LogP contribution in [0.15, 0.2) is 42.7 Å². The van der Waals surface area contributed by atoms with Gasteiger partial charge < -0.3 is 15.5 Å². The molecule has 0 bridgehead atoms. The number of amides is 2. The van der Waals surface area contributed by atoms with E-state index in [0.29, 0.717) is 17.8 Å². The van der Waals surface area contributed by atoms with Gasteiger partial charge in [-0.05, 0) is 57.4 Å². The summed E-state index contributed by atoms with van der Waals surface area (Å²) < 4.78 is 12.9. The molecule has 0 spiro atoms. The zero-order chi connectivity index (χ0) is 18.2. The first-order valence-electron chi connectivity index (χ1n) is 7.90. The smallest absolute Gasteiger partial charge is 0.257 e. The van der Waals surface area contributed by atoms with Gasteiger partial charge in [0.15, 0.2) is 0 Å². The highest BCUT2D eigenvalue weighted by atomic mass is 19.1. The number of nitrogens with one attached hydrogen (secondary N) is 2. The first-order chi connectivity index (χ1) is 12.0. The summed E-state index contributed by atoms with van der Waals surface area (Å²) in [6, 6.07) is 6.91. The van der Waals surface area contributed by atoms with Crippen molar-refractivity contribution in [3.63, 3.8) is 0 Å². The van der Waals surface area contributed by atoms with Crippen molar-refractivity contribution in [1.82, 2.24) is 15.2 Å². The molecule has 0 aliphatic carbocycles. The Kier molecular flexibility index (Phi) is 6.59. The topological polar surface area (TPSA) is 74.3 Å². The molecule has 0 unspecified atom stereocenters. The standard InChI is InChI=1S/C18H21FN4O2/c1-23(2)9-3-8-21-17(24)13-10-14(12-20-11-13)18(25)22-16-6-4-15(19)5-7-16/h4-7,10-12H,3,8-9H2,1-2H3,(H,21,24)(H,22,25). The Labute approximate surface area is 146 Å². The molecule has 1 aromatic heterocycles. The first-order valence-corrected chi connectivity index (χ1v) is 7.90. The maximum atomic E-state index is 12.9. The Hall–Kier alpha value is -2.80. The molecule has 1 heterocycles. The summed E-state index contributed by atoms with van der Waals surface area (Å²) in [7, 11) is 3.93. The van der Waals surface area contributed by atoms with Crippen LogP contribution in [0.1, 0.15) is 27.1 Å². The summed E-state index contributed by atoms with van der Waals surface area (Å²) >= 11 is 0. The monoisotopic (exact) mass is 344 g/mol. The minimum absolute atomic E-state index is 0.255. The van der Waals surface area contributed by atoms with Crippen molar-refractivity contribution in [2.45, 2.75) is 6.42 Å². The van der Waals surface area contributed by atoms with E-state index in [0.717, 1.165) is 13.0 Å². The average Bonchev–Trinajstić information content (AvgIpc) is 2.60. The predicted molar refractivity (Wildman–Crippen MR) is 94.1 cm³/mol. The van der Waals surface area contributed by atoms with Crippen LogP contribution < -0.4 is 10.6 Å². The third kappa shape index (κ3) is 5.96. The van der Waals surface area contributed by atoms with E-state index < -0.39 is 5.91 Å². The Morgan fingerprint density at radius 1 is 1.08 bits per heavy atom. The lowest BCUT2D eigenvalue weighted by Crippen LogP contribution is -2.27. The first kappa shape index (κ1) is 18.5. The number of hydrogen-bond donors (Lipinski definition) is 2.